The Hall–Kier alpha value is -3.47. The molecule has 1 aliphatic rings. The first kappa shape index (κ1) is 29.5. The fourth-order valence-corrected chi connectivity index (χ4v) is 5.93. The van der Waals surface area contributed by atoms with Gasteiger partial charge in [0.25, 0.3) is 11.1 Å². The second kappa shape index (κ2) is 12.4. The first-order valence-electron chi connectivity index (χ1n) is 12.4. The largest absolute Gasteiger partial charge is 0.493 e. The summed E-state index contributed by atoms with van der Waals surface area (Å²) in [5.41, 5.74) is 2.33. The lowest BCUT2D eigenvalue weighted by Crippen LogP contribution is -2.32. The van der Waals surface area contributed by atoms with Crippen LogP contribution in [0.3, 0.4) is 0 Å². The van der Waals surface area contributed by atoms with E-state index < -0.39 is 21.3 Å². The van der Waals surface area contributed by atoms with Crippen LogP contribution >= 0.6 is 23.4 Å². The van der Waals surface area contributed by atoms with Crippen LogP contribution in [0.5, 0.6) is 17.2 Å². The molecular formula is C29H28ClNO7S2. The fraction of sp³-hybridized carbons (Fsp3) is 0.241. The van der Waals surface area contributed by atoms with Crippen molar-refractivity contribution in [2.45, 2.75) is 31.6 Å². The summed E-state index contributed by atoms with van der Waals surface area (Å²) >= 11 is 6.63. The van der Waals surface area contributed by atoms with Gasteiger partial charge >= 0.3 is 10.1 Å². The number of benzene rings is 3. The standard InChI is InChI=1S/C29H28ClNO7S2/c1-18(2)23-13-8-19(3)16-25(23)37-15-14-31-28(32)26(39-29(31)33)17-20-6-5-7-24(36-4)27(20)38-40(34,35)22-11-9-21(30)10-12-22/h5-13,16-18H,14-15H2,1-4H3/b26-17-. The predicted octanol–water partition coefficient (Wildman–Crippen LogP) is 6.66. The van der Waals surface area contributed by atoms with Gasteiger partial charge in [-0.05, 0) is 78.2 Å². The molecule has 0 atom stereocenters. The number of imide groups is 1. The van der Waals surface area contributed by atoms with E-state index in [4.69, 9.17) is 25.3 Å². The summed E-state index contributed by atoms with van der Waals surface area (Å²) in [5, 5.41) is -0.0790. The quantitative estimate of drug-likeness (QED) is 0.188. The van der Waals surface area contributed by atoms with Gasteiger partial charge in [-0.2, -0.15) is 8.42 Å². The highest BCUT2D eigenvalue weighted by molar-refractivity contribution is 8.18. The highest BCUT2D eigenvalue weighted by Crippen LogP contribution is 2.39. The van der Waals surface area contributed by atoms with E-state index in [1.807, 2.05) is 25.1 Å². The number of rotatable bonds is 10. The second-order valence-electron chi connectivity index (χ2n) is 9.25. The van der Waals surface area contributed by atoms with Gasteiger partial charge in [-0.1, -0.05) is 49.7 Å². The number of para-hydroxylation sites is 1. The molecule has 1 aliphatic heterocycles. The summed E-state index contributed by atoms with van der Waals surface area (Å²) in [6.07, 6.45) is 1.42. The molecule has 1 fully saturated rings. The molecular weight excluding hydrogens is 574 g/mol. The van der Waals surface area contributed by atoms with Gasteiger partial charge in [0, 0.05) is 10.6 Å². The van der Waals surface area contributed by atoms with Crippen molar-refractivity contribution in [1.29, 1.82) is 0 Å². The van der Waals surface area contributed by atoms with Crippen LogP contribution in [0.2, 0.25) is 5.02 Å². The van der Waals surface area contributed by atoms with E-state index in [1.165, 1.54) is 43.5 Å². The number of halogens is 1. The number of nitrogens with zero attached hydrogens (tertiary/aromatic N) is 1. The molecule has 0 radical (unpaired) electrons. The minimum absolute atomic E-state index is 0.0555. The minimum Gasteiger partial charge on any atom is -0.493 e. The molecule has 0 unspecified atom stereocenters. The van der Waals surface area contributed by atoms with Gasteiger partial charge in [-0.15, -0.1) is 0 Å². The Morgan fingerprint density at radius 1 is 1.02 bits per heavy atom. The van der Waals surface area contributed by atoms with Crippen LogP contribution in [-0.4, -0.2) is 44.7 Å². The van der Waals surface area contributed by atoms with E-state index in [-0.39, 0.29) is 45.9 Å². The monoisotopic (exact) mass is 601 g/mol. The topological polar surface area (TPSA) is 99.2 Å². The molecule has 210 valence electrons. The summed E-state index contributed by atoms with van der Waals surface area (Å²) in [6, 6.07) is 16.2. The zero-order chi connectivity index (χ0) is 29.0. The molecule has 1 heterocycles. The Morgan fingerprint density at radius 3 is 2.42 bits per heavy atom. The number of carbonyl (C=O) groups excluding carboxylic acids is 2. The Balaban J connectivity index is 1.54. The molecule has 0 spiro atoms. The Labute approximate surface area is 243 Å². The van der Waals surface area contributed by atoms with Gasteiger partial charge in [0.05, 0.1) is 18.6 Å². The van der Waals surface area contributed by atoms with Crippen LogP contribution in [0.4, 0.5) is 4.79 Å². The summed E-state index contributed by atoms with van der Waals surface area (Å²) in [7, 11) is -2.89. The van der Waals surface area contributed by atoms with Crippen molar-refractivity contribution in [3.05, 3.63) is 87.3 Å². The number of amides is 2. The average molecular weight is 602 g/mol. The third-order valence-corrected chi connectivity index (χ3v) is 8.44. The summed E-state index contributed by atoms with van der Waals surface area (Å²) in [4.78, 5) is 27.0. The first-order valence-corrected chi connectivity index (χ1v) is 15.0. The third-order valence-electron chi connectivity index (χ3n) is 6.05. The lowest BCUT2D eigenvalue weighted by molar-refractivity contribution is -0.123. The normalized spacial score (nSPS) is 14.8. The zero-order valence-electron chi connectivity index (χ0n) is 22.3. The molecule has 0 saturated carbocycles. The molecule has 8 nitrogen and oxygen atoms in total. The highest BCUT2D eigenvalue weighted by atomic mass is 35.5. The van der Waals surface area contributed by atoms with Crippen molar-refractivity contribution in [2.24, 2.45) is 0 Å². The van der Waals surface area contributed by atoms with E-state index >= 15 is 0 Å². The number of ether oxygens (including phenoxy) is 2. The molecule has 3 aromatic rings. The average Bonchev–Trinajstić information content (AvgIpc) is 3.17. The highest BCUT2D eigenvalue weighted by Gasteiger charge is 2.35. The number of carbonyl (C=O) groups is 2. The van der Waals surface area contributed by atoms with E-state index in [1.54, 1.807) is 12.1 Å². The van der Waals surface area contributed by atoms with E-state index in [2.05, 4.69) is 13.8 Å². The number of hydrogen-bond donors (Lipinski definition) is 0. The van der Waals surface area contributed by atoms with Crippen LogP contribution in [0.25, 0.3) is 6.08 Å². The Kier molecular flexibility index (Phi) is 9.12. The Morgan fingerprint density at radius 2 is 1.75 bits per heavy atom. The van der Waals surface area contributed by atoms with Crippen LogP contribution in [-0.2, 0) is 14.9 Å². The van der Waals surface area contributed by atoms with E-state index in [0.717, 1.165) is 33.5 Å². The zero-order valence-corrected chi connectivity index (χ0v) is 24.7. The minimum atomic E-state index is -4.26. The molecule has 0 aliphatic carbocycles. The first-order chi connectivity index (χ1) is 19.0. The van der Waals surface area contributed by atoms with Gasteiger partial charge in [-0.3, -0.25) is 14.5 Å². The number of methoxy groups -OCH3 is 1. The van der Waals surface area contributed by atoms with E-state index in [0.29, 0.717) is 5.02 Å². The lowest BCUT2D eigenvalue weighted by Gasteiger charge is -2.17. The number of thioether (sulfide) groups is 1. The molecule has 0 aromatic heterocycles. The number of hydrogen-bond acceptors (Lipinski definition) is 8. The number of aryl methyl sites for hydroxylation is 1. The van der Waals surface area contributed by atoms with Gasteiger partial charge in [0.2, 0.25) is 0 Å². The maximum atomic E-state index is 13.2. The summed E-state index contributed by atoms with van der Waals surface area (Å²) in [6.45, 7) is 6.28. The second-order valence-corrected chi connectivity index (χ2v) is 12.2. The smallest absolute Gasteiger partial charge is 0.339 e. The Bertz CT molecular complexity index is 1570. The SMILES string of the molecule is COc1cccc(/C=C2\SC(=O)N(CCOc3cc(C)ccc3C(C)C)C2=O)c1OS(=O)(=O)c1ccc(Cl)cc1. The molecule has 11 heteroatoms. The molecule has 3 aromatic carbocycles. The molecule has 40 heavy (non-hydrogen) atoms. The van der Waals surface area contributed by atoms with Crippen molar-refractivity contribution >= 4 is 50.7 Å². The fourth-order valence-electron chi connectivity index (χ4n) is 3.98. The molecule has 2 amide bonds. The van der Waals surface area contributed by atoms with Crippen molar-refractivity contribution in [1.82, 2.24) is 4.90 Å². The third kappa shape index (κ3) is 6.63. The van der Waals surface area contributed by atoms with Crippen molar-refractivity contribution in [2.75, 3.05) is 20.3 Å². The summed E-state index contributed by atoms with van der Waals surface area (Å²) < 4.78 is 42.7. The van der Waals surface area contributed by atoms with E-state index in [9.17, 15) is 18.0 Å². The van der Waals surface area contributed by atoms with Gasteiger partial charge in [-0.25, -0.2) is 0 Å². The molecule has 0 bridgehead atoms. The maximum Gasteiger partial charge on any atom is 0.339 e. The van der Waals surface area contributed by atoms with Crippen molar-refractivity contribution in [3.8, 4) is 17.2 Å². The van der Waals surface area contributed by atoms with Crippen LogP contribution < -0.4 is 13.7 Å². The van der Waals surface area contributed by atoms with Crippen LogP contribution in [0, 0.1) is 6.92 Å². The molecule has 4 rings (SSSR count). The van der Waals surface area contributed by atoms with Gasteiger partial charge < -0.3 is 13.7 Å². The summed E-state index contributed by atoms with van der Waals surface area (Å²) in [5.74, 6) is 0.478. The predicted molar refractivity (Wildman–Crippen MR) is 156 cm³/mol. The van der Waals surface area contributed by atoms with Gasteiger partial charge in [0.1, 0.15) is 17.3 Å². The van der Waals surface area contributed by atoms with Crippen molar-refractivity contribution in [3.63, 3.8) is 0 Å². The van der Waals surface area contributed by atoms with Crippen LogP contribution in [0.1, 0.15) is 36.5 Å². The maximum absolute atomic E-state index is 13.2. The van der Waals surface area contributed by atoms with Gasteiger partial charge in [0.15, 0.2) is 11.5 Å². The molecule has 1 saturated heterocycles. The lowest BCUT2D eigenvalue weighted by atomic mass is 10.0. The van der Waals surface area contributed by atoms with Crippen molar-refractivity contribution < 1.29 is 31.7 Å². The van der Waals surface area contributed by atoms with Crippen LogP contribution in [0.15, 0.2) is 70.5 Å². The molecule has 0 N–H and O–H groups in total.